The molecule has 4 nitrogen and oxygen atoms in total. The van der Waals surface area contributed by atoms with Crippen molar-refractivity contribution in [1.29, 1.82) is 5.26 Å². The average Bonchev–Trinajstić information content (AvgIpc) is 2.66. The van der Waals surface area contributed by atoms with Gasteiger partial charge in [-0.25, -0.2) is 0 Å². The third kappa shape index (κ3) is 2.53. The maximum Gasteiger partial charge on any atom is 0.264 e. The fourth-order valence-corrected chi connectivity index (χ4v) is 1.31. The van der Waals surface area contributed by atoms with Crippen LogP contribution < -0.4 is 5.32 Å². The maximum atomic E-state index is 11.3. The Labute approximate surface area is 80.2 Å². The minimum atomic E-state index is -0.408. The second kappa shape index (κ2) is 4.58. The molecule has 0 radical (unpaired) electrons. The molecular weight excluding hydrogens is 186 g/mol. The highest BCUT2D eigenvalue weighted by molar-refractivity contribution is 7.11. The fourth-order valence-electron chi connectivity index (χ4n) is 0.783. The number of thiazole rings is 1. The van der Waals surface area contributed by atoms with Crippen molar-refractivity contribution in [3.05, 3.63) is 16.6 Å². The van der Waals surface area contributed by atoms with Crippen molar-refractivity contribution in [3.63, 3.8) is 0 Å². The summed E-state index contributed by atoms with van der Waals surface area (Å²) in [6.45, 7) is 1.85. The minimum absolute atomic E-state index is 0.226. The lowest BCUT2D eigenvalue weighted by Gasteiger charge is -2.06. The van der Waals surface area contributed by atoms with E-state index in [1.54, 1.807) is 5.51 Å². The van der Waals surface area contributed by atoms with Crippen LogP contribution in [0.4, 0.5) is 0 Å². The summed E-state index contributed by atoms with van der Waals surface area (Å²) < 4.78 is 0. The molecule has 1 amide bonds. The first kappa shape index (κ1) is 9.68. The van der Waals surface area contributed by atoms with Crippen molar-refractivity contribution in [1.82, 2.24) is 10.3 Å². The quantitative estimate of drug-likeness (QED) is 0.787. The summed E-state index contributed by atoms with van der Waals surface area (Å²) in [5, 5.41) is 11.2. The van der Waals surface area contributed by atoms with Gasteiger partial charge in [-0.2, -0.15) is 5.26 Å². The minimum Gasteiger partial charge on any atom is -0.336 e. The van der Waals surface area contributed by atoms with Gasteiger partial charge in [0.15, 0.2) is 0 Å². The molecule has 0 saturated carbocycles. The Morgan fingerprint density at radius 3 is 3.15 bits per heavy atom. The summed E-state index contributed by atoms with van der Waals surface area (Å²) in [6, 6.07) is 1.59. The zero-order valence-electron chi connectivity index (χ0n) is 7.15. The molecule has 68 valence electrons. The van der Waals surface area contributed by atoms with E-state index in [4.69, 9.17) is 5.26 Å². The predicted molar refractivity (Wildman–Crippen MR) is 49.3 cm³/mol. The number of nitrogens with zero attached hydrogens (tertiary/aromatic N) is 2. The molecule has 1 aromatic rings. The van der Waals surface area contributed by atoms with E-state index in [9.17, 15) is 4.79 Å². The van der Waals surface area contributed by atoms with Gasteiger partial charge in [-0.3, -0.25) is 9.78 Å². The van der Waals surface area contributed by atoms with E-state index >= 15 is 0 Å². The second-order valence-corrected chi connectivity index (χ2v) is 3.32. The molecule has 5 heteroatoms. The van der Waals surface area contributed by atoms with Gasteiger partial charge in [-0.05, 0) is 6.42 Å². The van der Waals surface area contributed by atoms with E-state index in [0.717, 1.165) is 0 Å². The molecule has 0 saturated heterocycles. The highest BCUT2D eigenvalue weighted by Gasteiger charge is 2.11. The van der Waals surface area contributed by atoms with Crippen LogP contribution in [0.1, 0.15) is 23.0 Å². The van der Waals surface area contributed by atoms with Crippen LogP contribution in [0.3, 0.4) is 0 Å². The molecule has 13 heavy (non-hydrogen) atoms. The zero-order chi connectivity index (χ0) is 9.68. The molecule has 0 fully saturated rings. The van der Waals surface area contributed by atoms with Gasteiger partial charge in [0.25, 0.3) is 5.91 Å². The molecule has 1 rings (SSSR count). The number of rotatable bonds is 3. The van der Waals surface area contributed by atoms with E-state index < -0.39 is 6.04 Å². The number of hydrogen-bond donors (Lipinski definition) is 1. The number of amides is 1. The van der Waals surface area contributed by atoms with Crippen LogP contribution >= 0.6 is 11.3 Å². The van der Waals surface area contributed by atoms with Gasteiger partial charge in [-0.1, -0.05) is 6.92 Å². The summed E-state index contributed by atoms with van der Waals surface area (Å²) in [5.74, 6) is -0.226. The SMILES string of the molecule is CCC(C#N)NC(=O)c1cncs1. The molecule has 1 N–H and O–H groups in total. The Morgan fingerprint density at radius 1 is 1.92 bits per heavy atom. The van der Waals surface area contributed by atoms with Crippen molar-refractivity contribution in [2.24, 2.45) is 0 Å². The van der Waals surface area contributed by atoms with Gasteiger partial charge in [0.2, 0.25) is 0 Å². The topological polar surface area (TPSA) is 65.8 Å². The van der Waals surface area contributed by atoms with Gasteiger partial charge in [0, 0.05) is 0 Å². The molecule has 0 bridgehead atoms. The molecule has 1 atom stereocenters. The largest absolute Gasteiger partial charge is 0.336 e. The molecule has 1 unspecified atom stereocenters. The molecule has 1 aromatic heterocycles. The lowest BCUT2D eigenvalue weighted by Crippen LogP contribution is -2.32. The summed E-state index contributed by atoms with van der Waals surface area (Å²) in [6.07, 6.45) is 2.10. The molecule has 0 aliphatic rings. The molecule has 0 aliphatic heterocycles. The monoisotopic (exact) mass is 195 g/mol. The van der Waals surface area contributed by atoms with Gasteiger partial charge in [0.1, 0.15) is 10.9 Å². The maximum absolute atomic E-state index is 11.3. The molecular formula is C8H9N3OS. The van der Waals surface area contributed by atoms with Crippen LogP contribution in [0.25, 0.3) is 0 Å². The fraction of sp³-hybridized carbons (Fsp3) is 0.375. The Bertz CT molecular complexity index is 315. The van der Waals surface area contributed by atoms with E-state index in [0.29, 0.717) is 11.3 Å². The molecule has 0 spiro atoms. The Hall–Kier alpha value is -1.41. The highest BCUT2D eigenvalue weighted by atomic mass is 32.1. The molecule has 0 aromatic carbocycles. The van der Waals surface area contributed by atoms with Crippen LogP contribution in [0.15, 0.2) is 11.7 Å². The van der Waals surface area contributed by atoms with Gasteiger partial charge in [-0.15, -0.1) is 11.3 Å². The number of carbonyl (C=O) groups is 1. The highest BCUT2D eigenvalue weighted by Crippen LogP contribution is 2.05. The number of nitrogens with one attached hydrogen (secondary N) is 1. The molecule has 0 aliphatic carbocycles. The summed E-state index contributed by atoms with van der Waals surface area (Å²) in [5.41, 5.74) is 1.59. The standard InChI is InChI=1S/C8H9N3OS/c1-2-6(3-9)11-8(12)7-4-10-5-13-7/h4-6H,2H2,1H3,(H,11,12). The van der Waals surface area contributed by atoms with Gasteiger partial charge in [0.05, 0.1) is 17.8 Å². The summed E-state index contributed by atoms with van der Waals surface area (Å²) >= 11 is 1.26. The lowest BCUT2D eigenvalue weighted by atomic mass is 10.2. The first-order chi connectivity index (χ1) is 6.27. The first-order valence-corrected chi connectivity index (χ1v) is 4.74. The Kier molecular flexibility index (Phi) is 3.41. The average molecular weight is 195 g/mol. The second-order valence-electron chi connectivity index (χ2n) is 2.43. The van der Waals surface area contributed by atoms with Gasteiger partial charge < -0.3 is 5.32 Å². The van der Waals surface area contributed by atoms with E-state index in [-0.39, 0.29) is 5.91 Å². The normalized spacial score (nSPS) is 11.7. The summed E-state index contributed by atoms with van der Waals surface area (Å²) in [4.78, 5) is 15.7. The third-order valence-corrected chi connectivity index (χ3v) is 2.30. The van der Waals surface area contributed by atoms with Crippen LogP contribution in [0.2, 0.25) is 0 Å². The number of nitriles is 1. The first-order valence-electron chi connectivity index (χ1n) is 3.87. The number of carbonyl (C=O) groups excluding carboxylic acids is 1. The van der Waals surface area contributed by atoms with Crippen molar-refractivity contribution < 1.29 is 4.79 Å². The van der Waals surface area contributed by atoms with Crippen molar-refractivity contribution in [2.45, 2.75) is 19.4 Å². The van der Waals surface area contributed by atoms with E-state index in [1.165, 1.54) is 17.5 Å². The number of hydrogen-bond acceptors (Lipinski definition) is 4. The van der Waals surface area contributed by atoms with Crippen LogP contribution in [-0.2, 0) is 0 Å². The van der Waals surface area contributed by atoms with Crippen molar-refractivity contribution in [3.8, 4) is 6.07 Å². The van der Waals surface area contributed by atoms with E-state index in [2.05, 4.69) is 10.3 Å². The van der Waals surface area contributed by atoms with Crippen molar-refractivity contribution in [2.75, 3.05) is 0 Å². The molecule has 1 heterocycles. The lowest BCUT2D eigenvalue weighted by molar-refractivity contribution is 0.0948. The van der Waals surface area contributed by atoms with E-state index in [1.807, 2.05) is 13.0 Å². The van der Waals surface area contributed by atoms with Crippen LogP contribution in [-0.4, -0.2) is 16.9 Å². The predicted octanol–water partition coefficient (Wildman–Crippen LogP) is 1.18. The Morgan fingerprint density at radius 2 is 2.69 bits per heavy atom. The summed E-state index contributed by atoms with van der Waals surface area (Å²) in [7, 11) is 0. The van der Waals surface area contributed by atoms with Crippen molar-refractivity contribution >= 4 is 17.2 Å². The Balaban J connectivity index is 2.57. The van der Waals surface area contributed by atoms with Crippen LogP contribution in [0.5, 0.6) is 0 Å². The zero-order valence-corrected chi connectivity index (χ0v) is 7.97. The van der Waals surface area contributed by atoms with Crippen LogP contribution in [0, 0.1) is 11.3 Å². The smallest absolute Gasteiger partial charge is 0.264 e. The number of aromatic nitrogens is 1. The van der Waals surface area contributed by atoms with Gasteiger partial charge >= 0.3 is 0 Å². The third-order valence-electron chi connectivity index (χ3n) is 1.53.